The summed E-state index contributed by atoms with van der Waals surface area (Å²) in [5.74, 6) is -1.74. The molecule has 1 aliphatic rings. The van der Waals surface area contributed by atoms with Gasteiger partial charge in [0.2, 0.25) is 0 Å². The summed E-state index contributed by atoms with van der Waals surface area (Å²) in [6, 6.07) is 7.31. The number of imidazole rings is 1. The van der Waals surface area contributed by atoms with E-state index in [4.69, 9.17) is 0 Å². The second-order valence-electron chi connectivity index (χ2n) is 6.91. The third kappa shape index (κ3) is 3.73. The first-order chi connectivity index (χ1) is 13.0. The number of ketones is 1. The number of carbonyl (C=O) groups is 1. The summed E-state index contributed by atoms with van der Waals surface area (Å²) in [5, 5.41) is 0. The number of aromatic nitrogens is 2. The molecule has 2 aromatic carbocycles. The van der Waals surface area contributed by atoms with Crippen molar-refractivity contribution in [3.8, 4) is 0 Å². The molecular weight excluding hydrogens is 355 g/mol. The van der Waals surface area contributed by atoms with E-state index in [-0.39, 0.29) is 17.2 Å². The Bertz CT molecular complexity index is 1000. The van der Waals surface area contributed by atoms with Gasteiger partial charge in [0.25, 0.3) is 0 Å². The molecule has 0 bridgehead atoms. The van der Waals surface area contributed by atoms with E-state index in [9.17, 15) is 18.0 Å². The Hall–Kier alpha value is -2.67. The summed E-state index contributed by atoms with van der Waals surface area (Å²) in [7, 11) is 0. The molecule has 4 rings (SSSR count). The number of nitrogens with zero attached hydrogens (tertiary/aromatic N) is 2. The Labute approximate surface area is 154 Å². The van der Waals surface area contributed by atoms with Gasteiger partial charge in [-0.1, -0.05) is 0 Å². The minimum atomic E-state index is -0.696. The number of carbonyl (C=O) groups excluding carboxylic acids is 1. The molecule has 0 amide bonds. The number of fused-ring (bicyclic) bond motifs is 1. The summed E-state index contributed by atoms with van der Waals surface area (Å²) in [5.41, 5.74) is 1.11. The number of rotatable bonds is 4. The number of piperidine rings is 1. The monoisotopic (exact) mass is 373 g/mol. The van der Waals surface area contributed by atoms with Gasteiger partial charge in [-0.3, -0.25) is 9.69 Å². The Morgan fingerprint density at radius 1 is 1.15 bits per heavy atom. The summed E-state index contributed by atoms with van der Waals surface area (Å²) in [6.07, 6.45) is 1.42. The molecule has 3 aromatic rings. The van der Waals surface area contributed by atoms with Gasteiger partial charge in [-0.25, -0.2) is 18.2 Å². The van der Waals surface area contributed by atoms with Crippen molar-refractivity contribution >= 4 is 16.8 Å². The summed E-state index contributed by atoms with van der Waals surface area (Å²) < 4.78 is 40.6. The predicted molar refractivity (Wildman–Crippen MR) is 94.7 cm³/mol. The maximum Gasteiger partial charge on any atom is 0.170 e. The first-order valence-electron chi connectivity index (χ1n) is 8.85. The highest BCUT2D eigenvalue weighted by atomic mass is 19.1. The lowest BCUT2D eigenvalue weighted by Gasteiger charge is -2.31. The van der Waals surface area contributed by atoms with Crippen LogP contribution in [0.25, 0.3) is 11.0 Å². The highest BCUT2D eigenvalue weighted by Gasteiger charge is 2.28. The van der Waals surface area contributed by atoms with Gasteiger partial charge in [0.15, 0.2) is 5.78 Å². The van der Waals surface area contributed by atoms with E-state index in [0.717, 1.165) is 31.2 Å². The van der Waals surface area contributed by atoms with Gasteiger partial charge in [0.05, 0.1) is 23.1 Å². The molecule has 1 fully saturated rings. The fraction of sp³-hybridized carbons (Fsp3) is 0.300. The normalized spacial score (nSPS) is 18.1. The van der Waals surface area contributed by atoms with Gasteiger partial charge in [-0.15, -0.1) is 0 Å². The van der Waals surface area contributed by atoms with Gasteiger partial charge in [0, 0.05) is 12.5 Å². The van der Waals surface area contributed by atoms with Crippen LogP contribution in [-0.2, 0) is 6.54 Å². The van der Waals surface area contributed by atoms with Gasteiger partial charge >= 0.3 is 0 Å². The Balaban J connectivity index is 1.48. The highest BCUT2D eigenvalue weighted by Crippen LogP contribution is 2.24. The summed E-state index contributed by atoms with van der Waals surface area (Å²) >= 11 is 0. The number of Topliss-reactive ketones (excluding diaryl/α,β-unsaturated/α-hetero) is 1. The van der Waals surface area contributed by atoms with Crippen LogP contribution < -0.4 is 0 Å². The van der Waals surface area contributed by atoms with Crippen molar-refractivity contribution in [2.24, 2.45) is 5.92 Å². The van der Waals surface area contributed by atoms with Crippen LogP contribution in [0.1, 0.15) is 29.0 Å². The molecule has 140 valence electrons. The van der Waals surface area contributed by atoms with Crippen molar-refractivity contribution in [2.75, 3.05) is 13.1 Å². The van der Waals surface area contributed by atoms with E-state index >= 15 is 0 Å². The topological polar surface area (TPSA) is 49.0 Å². The summed E-state index contributed by atoms with van der Waals surface area (Å²) in [4.78, 5) is 22.2. The third-order valence-corrected chi connectivity index (χ3v) is 4.94. The van der Waals surface area contributed by atoms with Crippen molar-refractivity contribution in [3.63, 3.8) is 0 Å². The molecular formula is C20H18F3N3O. The van der Waals surface area contributed by atoms with Crippen molar-refractivity contribution in [1.82, 2.24) is 14.9 Å². The molecule has 7 heteroatoms. The van der Waals surface area contributed by atoms with E-state index in [0.29, 0.717) is 36.4 Å². The first kappa shape index (κ1) is 17.7. The fourth-order valence-corrected chi connectivity index (χ4v) is 3.64. The van der Waals surface area contributed by atoms with Crippen LogP contribution in [0.3, 0.4) is 0 Å². The maximum absolute atomic E-state index is 13.9. The fourth-order valence-electron chi connectivity index (χ4n) is 3.64. The third-order valence-electron chi connectivity index (χ3n) is 4.94. The molecule has 0 saturated carbocycles. The van der Waals surface area contributed by atoms with Gasteiger partial charge in [0.1, 0.15) is 23.3 Å². The Morgan fingerprint density at radius 3 is 2.78 bits per heavy atom. The molecule has 4 nitrogen and oxygen atoms in total. The molecule has 0 unspecified atom stereocenters. The number of likely N-dealkylation sites (tertiary alicyclic amines) is 1. The smallest absolute Gasteiger partial charge is 0.170 e. The SMILES string of the molecule is O=C(c1cc(F)ccc1F)[C@H]1CCCN(Cc2nc3ccc(F)cc3[nH]2)C1. The van der Waals surface area contributed by atoms with Crippen molar-refractivity contribution < 1.29 is 18.0 Å². The van der Waals surface area contributed by atoms with E-state index in [1.807, 2.05) is 0 Å². The molecule has 1 saturated heterocycles. The average molecular weight is 373 g/mol. The number of hydrogen-bond acceptors (Lipinski definition) is 3. The van der Waals surface area contributed by atoms with Gasteiger partial charge < -0.3 is 4.98 Å². The zero-order valence-electron chi connectivity index (χ0n) is 14.5. The Kier molecular flexibility index (Phi) is 4.70. The van der Waals surface area contributed by atoms with Crippen LogP contribution in [0.2, 0.25) is 0 Å². The number of nitrogens with one attached hydrogen (secondary N) is 1. The van der Waals surface area contributed by atoms with Crippen LogP contribution in [0, 0.1) is 23.4 Å². The molecule has 2 heterocycles. The lowest BCUT2D eigenvalue weighted by atomic mass is 9.89. The molecule has 0 spiro atoms. The van der Waals surface area contributed by atoms with Crippen molar-refractivity contribution in [2.45, 2.75) is 19.4 Å². The predicted octanol–water partition coefficient (Wildman–Crippen LogP) is 4.08. The minimum Gasteiger partial charge on any atom is -0.341 e. The molecule has 1 aliphatic heterocycles. The molecule has 0 aliphatic carbocycles. The lowest BCUT2D eigenvalue weighted by Crippen LogP contribution is -2.38. The van der Waals surface area contributed by atoms with Crippen LogP contribution in [0.5, 0.6) is 0 Å². The quantitative estimate of drug-likeness (QED) is 0.701. The van der Waals surface area contributed by atoms with E-state index in [2.05, 4.69) is 14.9 Å². The van der Waals surface area contributed by atoms with E-state index < -0.39 is 17.6 Å². The Morgan fingerprint density at radius 2 is 1.93 bits per heavy atom. The number of H-pyrrole nitrogens is 1. The molecule has 1 aromatic heterocycles. The lowest BCUT2D eigenvalue weighted by molar-refractivity contribution is 0.0804. The number of benzene rings is 2. The number of hydrogen-bond donors (Lipinski definition) is 1. The van der Waals surface area contributed by atoms with Gasteiger partial charge in [-0.2, -0.15) is 0 Å². The number of halogens is 3. The largest absolute Gasteiger partial charge is 0.341 e. The zero-order valence-corrected chi connectivity index (χ0v) is 14.5. The zero-order chi connectivity index (χ0) is 19.0. The minimum absolute atomic E-state index is 0.193. The molecule has 1 atom stereocenters. The molecule has 0 radical (unpaired) electrons. The summed E-state index contributed by atoms with van der Waals surface area (Å²) in [6.45, 7) is 1.70. The van der Waals surface area contributed by atoms with Crippen LogP contribution in [0.15, 0.2) is 36.4 Å². The van der Waals surface area contributed by atoms with Crippen LogP contribution in [-0.4, -0.2) is 33.7 Å². The van der Waals surface area contributed by atoms with Crippen molar-refractivity contribution in [1.29, 1.82) is 0 Å². The van der Waals surface area contributed by atoms with Crippen LogP contribution in [0.4, 0.5) is 13.2 Å². The van der Waals surface area contributed by atoms with E-state index in [1.165, 1.54) is 12.1 Å². The standard InChI is InChI=1S/C20H18F3N3O/c21-13-3-5-16(23)15(8-13)20(27)12-2-1-7-26(10-12)11-19-24-17-6-4-14(22)9-18(17)25-19/h3-6,8-9,12H,1-2,7,10-11H2,(H,24,25)/t12-/m0/s1. The van der Waals surface area contributed by atoms with Crippen LogP contribution >= 0.6 is 0 Å². The first-order valence-corrected chi connectivity index (χ1v) is 8.85. The highest BCUT2D eigenvalue weighted by molar-refractivity contribution is 5.98. The molecule has 27 heavy (non-hydrogen) atoms. The average Bonchev–Trinajstić information content (AvgIpc) is 3.04. The molecule has 1 N–H and O–H groups in total. The van der Waals surface area contributed by atoms with E-state index in [1.54, 1.807) is 6.07 Å². The maximum atomic E-state index is 13.9. The number of aromatic amines is 1. The second-order valence-corrected chi connectivity index (χ2v) is 6.91. The van der Waals surface area contributed by atoms with Gasteiger partial charge in [-0.05, 0) is 55.8 Å². The second kappa shape index (κ2) is 7.15. The van der Waals surface area contributed by atoms with Crippen molar-refractivity contribution in [3.05, 3.63) is 65.2 Å².